The molecule has 0 heterocycles. The van der Waals surface area contributed by atoms with Gasteiger partial charge in [-0.15, -0.1) is 0 Å². The average molecular weight is 387 g/mol. The Morgan fingerprint density at radius 3 is 2.33 bits per heavy atom. The molecule has 1 unspecified atom stereocenters. The van der Waals surface area contributed by atoms with Gasteiger partial charge in [-0.1, -0.05) is 29.8 Å². The second-order valence-corrected chi connectivity index (χ2v) is 8.28. The fraction of sp³-hybridized carbons (Fsp3) is 0.150. The standard InChI is InChI=1S/C20H18FNO4S/c1-12-3-8-18(13(2)9-12)27(24,25)20(19(22)23)26-17-7-5-14-10-16(21)6-4-15(14)11-17/h3-11,20H,1-2H3,(H2,22,23). The van der Waals surface area contributed by atoms with E-state index in [1.54, 1.807) is 25.1 Å². The summed E-state index contributed by atoms with van der Waals surface area (Å²) < 4.78 is 44.6. The van der Waals surface area contributed by atoms with Crippen LogP contribution in [0.15, 0.2) is 59.5 Å². The molecule has 7 heteroatoms. The van der Waals surface area contributed by atoms with Crippen LogP contribution in [0.2, 0.25) is 0 Å². The molecule has 0 bridgehead atoms. The summed E-state index contributed by atoms with van der Waals surface area (Å²) in [5.74, 6) is -1.36. The van der Waals surface area contributed by atoms with Crippen LogP contribution in [0.3, 0.4) is 0 Å². The number of fused-ring (bicyclic) bond motifs is 1. The van der Waals surface area contributed by atoms with Gasteiger partial charge in [0.25, 0.3) is 11.3 Å². The molecule has 3 rings (SSSR count). The van der Waals surface area contributed by atoms with Crippen LogP contribution in [0.1, 0.15) is 11.1 Å². The van der Waals surface area contributed by atoms with Gasteiger partial charge in [0.05, 0.1) is 4.90 Å². The molecule has 2 N–H and O–H groups in total. The maximum atomic E-state index is 13.3. The van der Waals surface area contributed by atoms with Crippen LogP contribution < -0.4 is 10.5 Å². The lowest BCUT2D eigenvalue weighted by Gasteiger charge is -2.18. The molecule has 27 heavy (non-hydrogen) atoms. The summed E-state index contributed by atoms with van der Waals surface area (Å²) in [6.07, 6.45) is 0. The molecule has 1 atom stereocenters. The first-order valence-corrected chi connectivity index (χ1v) is 9.69. The molecule has 0 aliphatic heterocycles. The van der Waals surface area contributed by atoms with E-state index in [-0.39, 0.29) is 16.5 Å². The van der Waals surface area contributed by atoms with Crippen molar-refractivity contribution < 1.29 is 22.3 Å². The molecule has 0 saturated carbocycles. The molecule has 0 fully saturated rings. The molecule has 3 aromatic carbocycles. The zero-order valence-corrected chi connectivity index (χ0v) is 15.6. The SMILES string of the molecule is Cc1ccc(S(=O)(=O)C(Oc2ccc3cc(F)ccc3c2)C(N)=O)c(C)c1. The van der Waals surface area contributed by atoms with Crippen molar-refractivity contribution >= 4 is 26.5 Å². The molecule has 0 aliphatic carbocycles. The summed E-state index contributed by atoms with van der Waals surface area (Å²) in [6, 6.07) is 13.5. The number of sulfone groups is 1. The van der Waals surface area contributed by atoms with Gasteiger partial charge >= 0.3 is 0 Å². The summed E-state index contributed by atoms with van der Waals surface area (Å²) in [4.78, 5) is 11.9. The Kier molecular flexibility index (Phi) is 4.89. The van der Waals surface area contributed by atoms with Crippen LogP contribution in [0.25, 0.3) is 10.8 Å². The second kappa shape index (κ2) is 7.00. The van der Waals surface area contributed by atoms with Crippen LogP contribution in [0, 0.1) is 19.7 Å². The number of primary amides is 1. The number of halogens is 1. The Morgan fingerprint density at radius 2 is 1.67 bits per heavy atom. The molecule has 5 nitrogen and oxygen atoms in total. The van der Waals surface area contributed by atoms with Gasteiger partial charge in [-0.2, -0.15) is 0 Å². The number of aryl methyl sites for hydroxylation is 2. The van der Waals surface area contributed by atoms with Crippen molar-refractivity contribution in [1.82, 2.24) is 0 Å². The van der Waals surface area contributed by atoms with Crippen molar-refractivity contribution in [3.8, 4) is 5.75 Å². The largest absolute Gasteiger partial charge is 0.464 e. The van der Waals surface area contributed by atoms with Gasteiger partial charge in [0, 0.05) is 0 Å². The number of benzene rings is 3. The van der Waals surface area contributed by atoms with E-state index in [1.807, 2.05) is 6.92 Å². The number of amides is 1. The van der Waals surface area contributed by atoms with E-state index in [2.05, 4.69) is 0 Å². The third-order valence-electron chi connectivity index (χ3n) is 4.17. The second-order valence-electron chi connectivity index (χ2n) is 6.32. The number of nitrogens with two attached hydrogens (primary N) is 1. The van der Waals surface area contributed by atoms with Gasteiger partial charge in [-0.25, -0.2) is 12.8 Å². The van der Waals surface area contributed by atoms with Gasteiger partial charge in [0.1, 0.15) is 11.6 Å². The van der Waals surface area contributed by atoms with Crippen LogP contribution in [0.5, 0.6) is 5.75 Å². The zero-order valence-electron chi connectivity index (χ0n) is 14.8. The first-order chi connectivity index (χ1) is 12.7. The molecule has 0 spiro atoms. The van der Waals surface area contributed by atoms with E-state index < -0.39 is 21.2 Å². The van der Waals surface area contributed by atoms with Crippen molar-refractivity contribution in [1.29, 1.82) is 0 Å². The number of ether oxygens (including phenoxy) is 1. The summed E-state index contributed by atoms with van der Waals surface area (Å²) in [5.41, 5.74) is 4.84. The Bertz CT molecular complexity index is 1140. The summed E-state index contributed by atoms with van der Waals surface area (Å²) in [7, 11) is -4.16. The maximum absolute atomic E-state index is 13.3. The molecule has 3 aromatic rings. The van der Waals surface area contributed by atoms with Crippen LogP contribution >= 0.6 is 0 Å². The molecule has 1 amide bonds. The molecule has 140 valence electrons. The average Bonchev–Trinajstić information content (AvgIpc) is 2.58. The lowest BCUT2D eigenvalue weighted by molar-refractivity contribution is -0.121. The number of carbonyl (C=O) groups is 1. The number of carbonyl (C=O) groups excluding carboxylic acids is 1. The number of hydrogen-bond acceptors (Lipinski definition) is 4. The Labute approximate surface area is 156 Å². The van der Waals surface area contributed by atoms with Crippen LogP contribution in [0.4, 0.5) is 4.39 Å². The minimum absolute atomic E-state index is 0.0141. The molecule has 0 radical (unpaired) electrons. The predicted octanol–water partition coefficient (Wildman–Crippen LogP) is 3.26. The highest BCUT2D eigenvalue weighted by atomic mass is 32.2. The molecule has 0 aliphatic rings. The molecule has 0 aromatic heterocycles. The van der Waals surface area contributed by atoms with Crippen molar-refractivity contribution in [3.63, 3.8) is 0 Å². The fourth-order valence-electron chi connectivity index (χ4n) is 2.90. The molecular weight excluding hydrogens is 369 g/mol. The fourth-order valence-corrected chi connectivity index (χ4v) is 4.44. The summed E-state index contributed by atoms with van der Waals surface area (Å²) in [6.45, 7) is 3.48. The minimum atomic E-state index is -4.16. The minimum Gasteiger partial charge on any atom is -0.464 e. The smallest absolute Gasteiger partial charge is 0.280 e. The topological polar surface area (TPSA) is 86.5 Å². The lowest BCUT2D eigenvalue weighted by atomic mass is 10.1. The van der Waals surface area contributed by atoms with Gasteiger partial charge < -0.3 is 10.5 Å². The van der Waals surface area contributed by atoms with Crippen molar-refractivity contribution in [3.05, 3.63) is 71.5 Å². The third-order valence-corrected chi connectivity index (χ3v) is 6.13. The highest BCUT2D eigenvalue weighted by Crippen LogP contribution is 2.26. The molecular formula is C20H18FNO4S. The Balaban J connectivity index is 2.01. The van der Waals surface area contributed by atoms with E-state index in [1.165, 1.54) is 36.4 Å². The maximum Gasteiger partial charge on any atom is 0.280 e. The van der Waals surface area contributed by atoms with E-state index in [4.69, 9.17) is 10.5 Å². The number of hydrogen-bond donors (Lipinski definition) is 1. The predicted molar refractivity (Wildman–Crippen MR) is 101 cm³/mol. The van der Waals surface area contributed by atoms with Crippen LogP contribution in [-0.4, -0.2) is 19.8 Å². The van der Waals surface area contributed by atoms with E-state index in [9.17, 15) is 17.6 Å². The first kappa shape index (κ1) is 18.8. The highest BCUT2D eigenvalue weighted by Gasteiger charge is 2.35. The van der Waals surface area contributed by atoms with Gasteiger partial charge in [0.15, 0.2) is 0 Å². The van der Waals surface area contributed by atoms with E-state index in [0.29, 0.717) is 16.3 Å². The Morgan fingerprint density at radius 1 is 1.00 bits per heavy atom. The summed E-state index contributed by atoms with van der Waals surface area (Å²) >= 11 is 0. The highest BCUT2D eigenvalue weighted by molar-refractivity contribution is 7.92. The van der Waals surface area contributed by atoms with Crippen molar-refractivity contribution in [2.45, 2.75) is 24.2 Å². The lowest BCUT2D eigenvalue weighted by Crippen LogP contribution is -2.40. The van der Waals surface area contributed by atoms with E-state index in [0.717, 1.165) is 5.56 Å². The zero-order chi connectivity index (χ0) is 19.8. The van der Waals surface area contributed by atoms with Gasteiger partial charge in [0.2, 0.25) is 9.84 Å². The summed E-state index contributed by atoms with van der Waals surface area (Å²) in [5, 5.41) is 1.26. The number of rotatable bonds is 5. The Hall–Kier alpha value is -2.93. The van der Waals surface area contributed by atoms with E-state index >= 15 is 0 Å². The van der Waals surface area contributed by atoms with Crippen molar-refractivity contribution in [2.24, 2.45) is 5.73 Å². The van der Waals surface area contributed by atoms with Gasteiger partial charge in [-0.05, 0) is 60.5 Å². The van der Waals surface area contributed by atoms with Crippen LogP contribution in [-0.2, 0) is 14.6 Å². The molecule has 0 saturated heterocycles. The van der Waals surface area contributed by atoms with Crippen molar-refractivity contribution in [2.75, 3.05) is 0 Å². The van der Waals surface area contributed by atoms with Gasteiger partial charge in [-0.3, -0.25) is 4.79 Å². The first-order valence-electron chi connectivity index (χ1n) is 8.15. The third kappa shape index (κ3) is 3.78. The quantitative estimate of drug-likeness (QED) is 0.728. The normalized spacial score (nSPS) is 12.7. The monoisotopic (exact) mass is 387 g/mol.